The summed E-state index contributed by atoms with van der Waals surface area (Å²) in [7, 11) is -3.71. The van der Waals surface area contributed by atoms with Gasteiger partial charge in [-0.05, 0) is 44.5 Å². The van der Waals surface area contributed by atoms with Gasteiger partial charge >= 0.3 is 0 Å². The summed E-state index contributed by atoms with van der Waals surface area (Å²) in [6.45, 7) is 3.09. The number of piperidine rings is 1. The minimum atomic E-state index is -3.71. The number of nitrogens with zero attached hydrogens (tertiary/aromatic N) is 2. The molecule has 1 N–H and O–H groups in total. The molecule has 0 bridgehead atoms. The first-order chi connectivity index (χ1) is 12.1. The Bertz CT molecular complexity index is 996. The van der Waals surface area contributed by atoms with Crippen LogP contribution < -0.4 is 5.32 Å². The summed E-state index contributed by atoms with van der Waals surface area (Å²) in [5.41, 5.74) is 1.54. The zero-order chi connectivity index (χ0) is 17.4. The van der Waals surface area contributed by atoms with Crippen molar-refractivity contribution in [3.05, 3.63) is 60.3 Å². The molecule has 2 atom stereocenters. The van der Waals surface area contributed by atoms with Crippen molar-refractivity contribution in [2.24, 2.45) is 0 Å². The largest absolute Gasteiger partial charge is 0.314 e. The number of rotatable bonds is 3. The maximum Gasteiger partial charge on any atom is 0.283 e. The van der Waals surface area contributed by atoms with Gasteiger partial charge in [0.1, 0.15) is 0 Å². The molecule has 1 aliphatic heterocycles. The Balaban J connectivity index is 1.88. The average Bonchev–Trinajstić information content (AvgIpc) is 3.03. The fraction of sp³-hybridized carbons (Fsp3) is 0.316. The molecule has 2 aromatic carbocycles. The Morgan fingerprint density at radius 2 is 1.80 bits per heavy atom. The lowest BCUT2D eigenvalue weighted by Gasteiger charge is -2.27. The van der Waals surface area contributed by atoms with Gasteiger partial charge in [0.2, 0.25) is 0 Å². The minimum Gasteiger partial charge on any atom is -0.314 e. The highest BCUT2D eigenvalue weighted by molar-refractivity contribution is 7.90. The van der Waals surface area contributed by atoms with Gasteiger partial charge in [0, 0.05) is 17.3 Å². The van der Waals surface area contributed by atoms with E-state index in [4.69, 9.17) is 0 Å². The van der Waals surface area contributed by atoms with Gasteiger partial charge in [0.05, 0.1) is 16.1 Å². The Morgan fingerprint density at radius 3 is 2.56 bits per heavy atom. The number of fused-ring (bicyclic) bond motifs is 1. The van der Waals surface area contributed by atoms with Crippen molar-refractivity contribution in [2.75, 3.05) is 6.54 Å². The topological polar surface area (TPSA) is 64.0 Å². The first-order valence-corrected chi connectivity index (χ1v) is 10.0. The summed E-state index contributed by atoms with van der Waals surface area (Å²) in [6.07, 6.45) is 1.93. The van der Waals surface area contributed by atoms with E-state index in [0.29, 0.717) is 11.6 Å². The molecule has 130 valence electrons. The molecule has 0 spiro atoms. The van der Waals surface area contributed by atoms with Crippen LogP contribution in [0.25, 0.3) is 10.9 Å². The zero-order valence-electron chi connectivity index (χ0n) is 14.1. The van der Waals surface area contributed by atoms with Crippen LogP contribution in [0, 0.1) is 0 Å². The van der Waals surface area contributed by atoms with Crippen LogP contribution in [0.3, 0.4) is 0 Å². The highest BCUT2D eigenvalue weighted by atomic mass is 32.2. The van der Waals surface area contributed by atoms with E-state index in [-0.39, 0.29) is 10.8 Å². The second-order valence-electron chi connectivity index (χ2n) is 6.64. The predicted octanol–water partition coefficient (Wildman–Crippen LogP) is 3.13. The molecule has 2 heterocycles. The van der Waals surface area contributed by atoms with E-state index >= 15 is 0 Å². The lowest BCUT2D eigenvalue weighted by Crippen LogP contribution is -2.35. The fourth-order valence-corrected chi connectivity index (χ4v) is 4.93. The Hall–Kier alpha value is -2.18. The summed E-state index contributed by atoms with van der Waals surface area (Å²) in [5.74, 6) is 0.272. The standard InChI is InChI=1S/C19H21N3O2S/c1-14-13-15(11-12-20-14)19-17-9-5-6-10-18(17)22(21-19)25(23,24)16-7-3-2-4-8-16/h2-10,14-15,20H,11-13H2,1H3. The second kappa shape index (κ2) is 6.28. The highest BCUT2D eigenvalue weighted by Crippen LogP contribution is 2.33. The van der Waals surface area contributed by atoms with Crippen molar-refractivity contribution in [1.29, 1.82) is 0 Å². The van der Waals surface area contributed by atoms with Crippen molar-refractivity contribution < 1.29 is 8.42 Å². The van der Waals surface area contributed by atoms with E-state index in [1.54, 1.807) is 24.3 Å². The summed E-state index contributed by atoms with van der Waals surface area (Å²) in [5, 5.41) is 8.97. The zero-order valence-corrected chi connectivity index (χ0v) is 14.9. The maximum atomic E-state index is 13.1. The molecule has 6 heteroatoms. The van der Waals surface area contributed by atoms with Gasteiger partial charge in [0.25, 0.3) is 10.0 Å². The Kier molecular flexibility index (Phi) is 4.09. The molecule has 4 rings (SSSR count). The van der Waals surface area contributed by atoms with E-state index in [1.165, 1.54) is 4.09 Å². The van der Waals surface area contributed by atoms with Gasteiger partial charge in [-0.3, -0.25) is 0 Å². The SMILES string of the molecule is CC1CC(c2nn(S(=O)(=O)c3ccccc3)c3ccccc23)CCN1. The van der Waals surface area contributed by atoms with E-state index in [0.717, 1.165) is 30.5 Å². The number of benzene rings is 2. The van der Waals surface area contributed by atoms with Crippen LogP contribution in [-0.4, -0.2) is 30.2 Å². The Labute approximate surface area is 147 Å². The van der Waals surface area contributed by atoms with E-state index in [9.17, 15) is 8.42 Å². The quantitative estimate of drug-likeness (QED) is 0.784. The molecule has 25 heavy (non-hydrogen) atoms. The molecule has 1 saturated heterocycles. The van der Waals surface area contributed by atoms with Crippen LogP contribution in [0.5, 0.6) is 0 Å². The third-order valence-corrected chi connectivity index (χ3v) is 6.47. The Morgan fingerprint density at radius 1 is 1.08 bits per heavy atom. The molecule has 2 unspecified atom stereocenters. The van der Waals surface area contributed by atoms with Crippen molar-refractivity contribution in [1.82, 2.24) is 14.5 Å². The molecule has 1 aliphatic rings. The average molecular weight is 355 g/mol. The second-order valence-corrected chi connectivity index (χ2v) is 8.41. The van der Waals surface area contributed by atoms with Crippen molar-refractivity contribution in [3.8, 4) is 0 Å². The molecule has 1 aromatic heterocycles. The lowest BCUT2D eigenvalue weighted by atomic mass is 9.89. The van der Waals surface area contributed by atoms with Gasteiger partial charge in [-0.1, -0.05) is 36.4 Å². The van der Waals surface area contributed by atoms with Crippen molar-refractivity contribution >= 4 is 20.9 Å². The third-order valence-electron chi connectivity index (χ3n) is 4.86. The first-order valence-electron chi connectivity index (χ1n) is 8.59. The normalized spacial score (nSPS) is 21.5. The summed E-state index contributed by atoms with van der Waals surface area (Å²) in [4.78, 5) is 0.258. The van der Waals surface area contributed by atoms with Gasteiger partial charge in [-0.15, -0.1) is 0 Å². The molecule has 1 fully saturated rings. The minimum absolute atomic E-state index is 0.258. The molecular formula is C19H21N3O2S. The summed E-state index contributed by atoms with van der Waals surface area (Å²) < 4.78 is 27.4. The molecule has 0 amide bonds. The third kappa shape index (κ3) is 2.85. The van der Waals surface area contributed by atoms with E-state index in [2.05, 4.69) is 17.3 Å². The number of aromatic nitrogens is 2. The molecule has 3 aromatic rings. The van der Waals surface area contributed by atoms with Crippen LogP contribution in [-0.2, 0) is 10.0 Å². The van der Waals surface area contributed by atoms with E-state index < -0.39 is 10.0 Å². The highest BCUT2D eigenvalue weighted by Gasteiger charge is 2.28. The number of hydrogen-bond acceptors (Lipinski definition) is 4. The smallest absolute Gasteiger partial charge is 0.283 e. The van der Waals surface area contributed by atoms with Gasteiger partial charge in [0.15, 0.2) is 0 Å². The maximum absolute atomic E-state index is 13.1. The van der Waals surface area contributed by atoms with Gasteiger partial charge in [-0.2, -0.15) is 17.6 Å². The summed E-state index contributed by atoms with van der Waals surface area (Å²) >= 11 is 0. The van der Waals surface area contributed by atoms with Gasteiger partial charge < -0.3 is 5.32 Å². The fourth-order valence-electron chi connectivity index (χ4n) is 3.62. The lowest BCUT2D eigenvalue weighted by molar-refractivity contribution is 0.377. The molecule has 0 aliphatic carbocycles. The molecule has 0 saturated carbocycles. The van der Waals surface area contributed by atoms with Crippen LogP contribution in [0.4, 0.5) is 0 Å². The van der Waals surface area contributed by atoms with Gasteiger partial charge in [-0.25, -0.2) is 0 Å². The predicted molar refractivity (Wildman–Crippen MR) is 98.2 cm³/mol. The number of nitrogens with one attached hydrogen (secondary N) is 1. The first kappa shape index (κ1) is 16.3. The monoisotopic (exact) mass is 355 g/mol. The van der Waals surface area contributed by atoms with Crippen LogP contribution in [0.2, 0.25) is 0 Å². The van der Waals surface area contributed by atoms with Crippen LogP contribution in [0.1, 0.15) is 31.4 Å². The van der Waals surface area contributed by atoms with Crippen LogP contribution >= 0.6 is 0 Å². The number of para-hydroxylation sites is 1. The summed E-state index contributed by atoms with van der Waals surface area (Å²) in [6, 6.07) is 16.5. The van der Waals surface area contributed by atoms with Crippen molar-refractivity contribution in [2.45, 2.75) is 36.6 Å². The molecular weight excluding hydrogens is 334 g/mol. The molecule has 0 radical (unpaired) electrons. The molecule has 5 nitrogen and oxygen atoms in total. The van der Waals surface area contributed by atoms with E-state index in [1.807, 2.05) is 30.3 Å². The van der Waals surface area contributed by atoms with Crippen molar-refractivity contribution in [3.63, 3.8) is 0 Å². The van der Waals surface area contributed by atoms with Crippen LogP contribution in [0.15, 0.2) is 59.5 Å². The number of hydrogen-bond donors (Lipinski definition) is 1.